The number of rotatable bonds is 16. The minimum atomic E-state index is -0.374. The Morgan fingerprint density at radius 3 is 1.00 bits per heavy atom. The van der Waals surface area contributed by atoms with Crippen molar-refractivity contribution in [3.63, 3.8) is 0 Å². The zero-order valence-corrected chi connectivity index (χ0v) is 27.9. The second kappa shape index (κ2) is 21.1. The van der Waals surface area contributed by atoms with Crippen LogP contribution in [0.3, 0.4) is 0 Å². The lowest BCUT2D eigenvalue weighted by atomic mass is 10.0. The van der Waals surface area contributed by atoms with Crippen LogP contribution < -0.4 is 0 Å². The molecule has 0 spiro atoms. The topological polar surface area (TPSA) is 105 Å². The lowest BCUT2D eigenvalue weighted by molar-refractivity contribution is 0.0422. The minimum Gasteiger partial charge on any atom is -0.462 e. The molecule has 0 aliphatic heterocycles. The maximum atomic E-state index is 12.1. The van der Waals surface area contributed by atoms with E-state index in [0.29, 0.717) is 72.4 Å². The predicted octanol–water partition coefficient (Wildman–Crippen LogP) is 8.18. The van der Waals surface area contributed by atoms with Crippen LogP contribution in [-0.2, 0) is 18.9 Å². The summed E-state index contributed by atoms with van der Waals surface area (Å²) in [5, 5.41) is 0. The van der Waals surface area contributed by atoms with E-state index in [0.717, 1.165) is 25.7 Å². The van der Waals surface area contributed by atoms with Gasteiger partial charge in [-0.05, 0) is 78.6 Å². The van der Waals surface area contributed by atoms with Gasteiger partial charge in [0.2, 0.25) is 0 Å². The zero-order chi connectivity index (χ0) is 33.1. The second-order valence-corrected chi connectivity index (χ2v) is 12.1. The first-order chi connectivity index (χ1) is 20.9. The average Bonchev–Trinajstić information content (AvgIpc) is 3.01. The van der Waals surface area contributed by atoms with Crippen molar-refractivity contribution in [1.82, 2.24) is 0 Å². The summed E-state index contributed by atoms with van der Waals surface area (Å²) in [5.41, 5.74) is 1.78. The van der Waals surface area contributed by atoms with E-state index in [1.54, 1.807) is 48.5 Å². The highest BCUT2D eigenvalue weighted by molar-refractivity contribution is 5.94. The van der Waals surface area contributed by atoms with Crippen molar-refractivity contribution < 1.29 is 38.1 Å². The second-order valence-electron chi connectivity index (χ2n) is 12.1. The molecule has 2 rings (SSSR count). The van der Waals surface area contributed by atoms with E-state index in [-0.39, 0.29) is 23.9 Å². The smallest absolute Gasteiger partial charge is 0.338 e. The van der Waals surface area contributed by atoms with Crippen LogP contribution in [0.1, 0.15) is 123 Å². The third-order valence-electron chi connectivity index (χ3n) is 6.35. The average molecular weight is 613 g/mol. The molecule has 0 heterocycles. The van der Waals surface area contributed by atoms with Gasteiger partial charge in [-0.1, -0.05) is 74.7 Å². The summed E-state index contributed by atoms with van der Waals surface area (Å²) in [6.45, 7) is 17.7. The summed E-state index contributed by atoms with van der Waals surface area (Å²) in [6, 6.07) is 12.7. The van der Waals surface area contributed by atoms with Crippen LogP contribution in [0.5, 0.6) is 0 Å². The number of ether oxygens (including phenoxy) is 4. The first kappa shape index (κ1) is 38.3. The maximum absolute atomic E-state index is 12.1. The Morgan fingerprint density at radius 1 is 0.500 bits per heavy atom. The number of unbranched alkanes of at least 4 members (excludes halogenated alkanes) is 1. The molecule has 0 aliphatic carbocycles. The van der Waals surface area contributed by atoms with Crippen molar-refractivity contribution in [3.8, 4) is 0 Å². The minimum absolute atomic E-state index is 0.294. The van der Waals surface area contributed by atoms with E-state index in [1.165, 1.54) is 0 Å². The van der Waals surface area contributed by atoms with Crippen molar-refractivity contribution in [2.75, 3.05) is 26.4 Å². The Bertz CT molecular complexity index is 1090. The van der Waals surface area contributed by atoms with Crippen LogP contribution in [0.15, 0.2) is 48.5 Å². The van der Waals surface area contributed by atoms with E-state index < -0.39 is 0 Å². The van der Waals surface area contributed by atoms with Gasteiger partial charge >= 0.3 is 23.9 Å². The number of carbonyl (C=O) groups excluding carboxylic acids is 4. The Hall–Kier alpha value is -3.68. The lowest BCUT2D eigenvalue weighted by Gasteiger charge is -2.14. The quantitative estimate of drug-likeness (QED) is 0.138. The van der Waals surface area contributed by atoms with Crippen LogP contribution in [0, 0.1) is 23.7 Å². The Kier molecular flexibility index (Phi) is 18.4. The first-order valence-corrected chi connectivity index (χ1v) is 15.8. The van der Waals surface area contributed by atoms with E-state index in [2.05, 4.69) is 13.8 Å². The summed E-state index contributed by atoms with van der Waals surface area (Å²) in [5.74, 6) is -0.155. The molecule has 1 atom stereocenters. The molecule has 2 aromatic carbocycles. The molecule has 0 saturated carbocycles. The van der Waals surface area contributed by atoms with E-state index in [4.69, 9.17) is 18.9 Å². The van der Waals surface area contributed by atoms with E-state index in [1.807, 2.05) is 41.5 Å². The van der Waals surface area contributed by atoms with Gasteiger partial charge in [0.25, 0.3) is 0 Å². The SMILES string of the molecule is CC(C)COC(=O)c1ccc(C(=O)OCC(C)C)cc1.CCCCC(CC)COC(=O)c1ccc(C(=O)OCC(C)C)cc1. The molecule has 0 bridgehead atoms. The number of carbonyl (C=O) groups is 4. The van der Waals surface area contributed by atoms with Crippen molar-refractivity contribution in [1.29, 1.82) is 0 Å². The molecule has 0 saturated heterocycles. The third kappa shape index (κ3) is 15.7. The van der Waals surface area contributed by atoms with Crippen molar-refractivity contribution in [3.05, 3.63) is 70.8 Å². The molecular weight excluding hydrogens is 560 g/mol. The molecule has 0 N–H and O–H groups in total. The molecule has 1 unspecified atom stereocenters. The number of hydrogen-bond donors (Lipinski definition) is 0. The molecule has 0 fully saturated rings. The van der Waals surface area contributed by atoms with Gasteiger partial charge in [-0.15, -0.1) is 0 Å². The monoisotopic (exact) mass is 612 g/mol. The summed E-state index contributed by atoms with van der Waals surface area (Å²) < 4.78 is 20.8. The van der Waals surface area contributed by atoms with Gasteiger partial charge in [0.05, 0.1) is 48.7 Å². The molecule has 0 radical (unpaired) electrons. The van der Waals surface area contributed by atoms with Crippen molar-refractivity contribution in [2.45, 2.75) is 81.1 Å². The van der Waals surface area contributed by atoms with Gasteiger partial charge in [0, 0.05) is 0 Å². The third-order valence-corrected chi connectivity index (χ3v) is 6.35. The van der Waals surface area contributed by atoms with Crippen molar-refractivity contribution >= 4 is 23.9 Å². The van der Waals surface area contributed by atoms with Gasteiger partial charge in [0.1, 0.15) is 0 Å². The van der Waals surface area contributed by atoms with Gasteiger partial charge in [-0.3, -0.25) is 0 Å². The molecular formula is C36H52O8. The van der Waals surface area contributed by atoms with Crippen LogP contribution >= 0.6 is 0 Å². The normalized spacial score (nSPS) is 11.4. The Labute approximate surface area is 263 Å². The summed E-state index contributed by atoms with van der Waals surface area (Å²) in [7, 11) is 0. The fourth-order valence-corrected chi connectivity index (χ4v) is 3.64. The maximum Gasteiger partial charge on any atom is 0.338 e. The summed E-state index contributed by atoms with van der Waals surface area (Å²) >= 11 is 0. The standard InChI is InChI=1S/C20H30O4.C16H22O4/c1-5-7-8-16(6-2)14-24-20(22)18-11-9-17(10-12-18)19(21)23-13-15(3)4;1-11(2)9-19-15(17)13-5-7-14(8-6-13)16(18)20-10-12(3)4/h9-12,15-16H,5-8,13-14H2,1-4H3;5-8,11-12H,9-10H2,1-4H3. The molecule has 0 amide bonds. The highest BCUT2D eigenvalue weighted by Gasteiger charge is 2.14. The molecule has 8 heteroatoms. The van der Waals surface area contributed by atoms with Crippen LogP contribution in [0.4, 0.5) is 0 Å². The predicted molar refractivity (Wildman–Crippen MR) is 172 cm³/mol. The van der Waals surface area contributed by atoms with Crippen LogP contribution in [-0.4, -0.2) is 50.3 Å². The molecule has 44 heavy (non-hydrogen) atoms. The van der Waals surface area contributed by atoms with Gasteiger partial charge in [0.15, 0.2) is 0 Å². The first-order valence-electron chi connectivity index (χ1n) is 15.8. The molecule has 2 aromatic rings. The highest BCUT2D eigenvalue weighted by atomic mass is 16.5. The van der Waals surface area contributed by atoms with Crippen LogP contribution in [0.25, 0.3) is 0 Å². The van der Waals surface area contributed by atoms with Gasteiger partial charge < -0.3 is 18.9 Å². The highest BCUT2D eigenvalue weighted by Crippen LogP contribution is 2.15. The Morgan fingerprint density at radius 2 is 0.773 bits per heavy atom. The fraction of sp³-hybridized carbons (Fsp3) is 0.556. The van der Waals surface area contributed by atoms with Crippen LogP contribution in [0.2, 0.25) is 0 Å². The number of benzene rings is 2. The Balaban J connectivity index is 0.000000447. The molecule has 0 aliphatic rings. The van der Waals surface area contributed by atoms with Crippen molar-refractivity contribution in [2.24, 2.45) is 23.7 Å². The van der Waals surface area contributed by atoms with E-state index >= 15 is 0 Å². The summed E-state index contributed by atoms with van der Waals surface area (Å²) in [6.07, 6.45) is 4.40. The zero-order valence-electron chi connectivity index (χ0n) is 27.9. The van der Waals surface area contributed by atoms with Gasteiger partial charge in [-0.2, -0.15) is 0 Å². The molecule has 8 nitrogen and oxygen atoms in total. The molecule has 244 valence electrons. The largest absolute Gasteiger partial charge is 0.462 e. The molecule has 0 aromatic heterocycles. The number of esters is 4. The van der Waals surface area contributed by atoms with E-state index in [9.17, 15) is 19.2 Å². The lowest BCUT2D eigenvalue weighted by Crippen LogP contribution is -2.14. The fourth-order valence-electron chi connectivity index (χ4n) is 3.64. The summed E-state index contributed by atoms with van der Waals surface area (Å²) in [4.78, 5) is 47.4. The number of hydrogen-bond acceptors (Lipinski definition) is 8. The van der Waals surface area contributed by atoms with Gasteiger partial charge in [-0.25, -0.2) is 19.2 Å².